The molecular weight excluding hydrogens is 360 g/mol. The van der Waals surface area contributed by atoms with Crippen molar-refractivity contribution in [3.05, 3.63) is 28.3 Å². The Balaban J connectivity index is 1.60. The number of rotatable bonds is 5. The number of hydrogen-bond donors (Lipinski definition) is 2. The van der Waals surface area contributed by atoms with E-state index in [9.17, 15) is 13.2 Å². The van der Waals surface area contributed by atoms with E-state index in [0.29, 0.717) is 12.8 Å². The number of hydrogen-bond acceptors (Lipinski definition) is 3. The summed E-state index contributed by atoms with van der Waals surface area (Å²) in [6.45, 7) is 7.60. The van der Waals surface area contributed by atoms with Crippen LogP contribution in [-0.2, 0) is 27.7 Å². The molecule has 1 fully saturated rings. The quantitative estimate of drug-likeness (QED) is 0.804. The zero-order chi connectivity index (χ0) is 19.8. The van der Waals surface area contributed by atoms with E-state index >= 15 is 0 Å². The first-order valence-corrected chi connectivity index (χ1v) is 11.7. The Morgan fingerprint density at radius 1 is 1.07 bits per heavy atom. The van der Waals surface area contributed by atoms with Crippen LogP contribution >= 0.6 is 0 Å². The lowest BCUT2D eigenvalue weighted by molar-refractivity contribution is -0.120. The van der Waals surface area contributed by atoms with Crippen LogP contribution in [0.1, 0.15) is 68.2 Å². The average Bonchev–Trinajstić information content (AvgIpc) is 3.10. The fourth-order valence-electron chi connectivity index (χ4n) is 4.37. The van der Waals surface area contributed by atoms with E-state index in [-0.39, 0.29) is 17.9 Å². The number of fused-ring (bicyclic) bond motifs is 1. The van der Waals surface area contributed by atoms with Gasteiger partial charge in [0.25, 0.3) is 0 Å². The van der Waals surface area contributed by atoms with Gasteiger partial charge in [-0.25, -0.2) is 13.1 Å². The van der Waals surface area contributed by atoms with Crippen LogP contribution in [0.4, 0.5) is 5.69 Å². The van der Waals surface area contributed by atoms with Crippen LogP contribution in [0.3, 0.4) is 0 Å². The molecule has 150 valence electrons. The van der Waals surface area contributed by atoms with Crippen molar-refractivity contribution < 1.29 is 13.2 Å². The third kappa shape index (κ3) is 4.37. The van der Waals surface area contributed by atoms with E-state index in [1.54, 1.807) is 13.8 Å². The number of anilines is 1. The topological polar surface area (TPSA) is 75.3 Å². The molecule has 5 nitrogen and oxygen atoms in total. The van der Waals surface area contributed by atoms with Gasteiger partial charge in [0.2, 0.25) is 15.9 Å². The van der Waals surface area contributed by atoms with Crippen molar-refractivity contribution in [2.45, 2.75) is 83.9 Å². The number of carbonyl (C=O) groups excluding carboxylic acids is 1. The van der Waals surface area contributed by atoms with Gasteiger partial charge in [-0.15, -0.1) is 0 Å². The Morgan fingerprint density at radius 2 is 1.70 bits per heavy atom. The van der Waals surface area contributed by atoms with Gasteiger partial charge < -0.3 is 5.32 Å². The van der Waals surface area contributed by atoms with E-state index in [0.717, 1.165) is 31.4 Å². The molecule has 2 N–H and O–H groups in total. The Bertz CT molecular complexity index is 822. The van der Waals surface area contributed by atoms with Crippen molar-refractivity contribution in [3.63, 3.8) is 0 Å². The SMILES string of the molecule is Cc1cc(NC(=O)[C@H]2CC[C@H](NS(=O)(=O)C(C)C)CC2)c(C)c2c1CCC2. The van der Waals surface area contributed by atoms with Crippen LogP contribution < -0.4 is 10.0 Å². The summed E-state index contributed by atoms with van der Waals surface area (Å²) >= 11 is 0. The largest absolute Gasteiger partial charge is 0.326 e. The molecule has 2 aliphatic carbocycles. The molecule has 0 aromatic heterocycles. The minimum atomic E-state index is -3.25. The first kappa shape index (κ1) is 20.3. The summed E-state index contributed by atoms with van der Waals surface area (Å²) in [7, 11) is -3.25. The van der Waals surface area contributed by atoms with E-state index in [1.807, 2.05) is 0 Å². The molecule has 0 atom stereocenters. The van der Waals surface area contributed by atoms with Crippen LogP contribution in [0.5, 0.6) is 0 Å². The van der Waals surface area contributed by atoms with Gasteiger partial charge in [0.1, 0.15) is 0 Å². The molecule has 0 spiro atoms. The van der Waals surface area contributed by atoms with Crippen molar-refractivity contribution in [3.8, 4) is 0 Å². The van der Waals surface area contributed by atoms with E-state index in [4.69, 9.17) is 0 Å². The zero-order valence-corrected chi connectivity index (χ0v) is 17.7. The second-order valence-electron chi connectivity index (χ2n) is 8.43. The second-order valence-corrected chi connectivity index (χ2v) is 10.7. The molecular formula is C21H32N2O3S. The molecule has 1 aromatic carbocycles. The highest BCUT2D eigenvalue weighted by atomic mass is 32.2. The standard InChI is InChI=1S/C21H32N2O3S/c1-13(2)27(25,26)23-17-10-8-16(9-11-17)21(24)22-20-12-14(3)18-6-5-7-19(18)15(20)4/h12-13,16-17,23H,5-11H2,1-4H3,(H,22,24)/t16-,17-. The van der Waals surface area contributed by atoms with Gasteiger partial charge in [-0.05, 0) is 101 Å². The lowest BCUT2D eigenvalue weighted by Crippen LogP contribution is -2.42. The fraction of sp³-hybridized carbons (Fsp3) is 0.667. The third-order valence-corrected chi connectivity index (χ3v) is 8.12. The fourth-order valence-corrected chi connectivity index (χ4v) is 5.35. The van der Waals surface area contributed by atoms with Gasteiger partial charge in [0.05, 0.1) is 5.25 Å². The van der Waals surface area contributed by atoms with Crippen LogP contribution in [-0.4, -0.2) is 25.6 Å². The molecule has 0 heterocycles. The van der Waals surface area contributed by atoms with Crippen molar-refractivity contribution in [1.29, 1.82) is 0 Å². The zero-order valence-electron chi connectivity index (χ0n) is 16.9. The number of aryl methyl sites for hydroxylation is 1. The summed E-state index contributed by atoms with van der Waals surface area (Å²) in [5.41, 5.74) is 6.30. The molecule has 0 radical (unpaired) electrons. The Kier molecular flexibility index (Phi) is 5.96. The number of benzene rings is 1. The van der Waals surface area contributed by atoms with E-state index in [1.165, 1.54) is 28.7 Å². The molecule has 3 rings (SSSR count). The molecule has 0 bridgehead atoms. The molecule has 1 aromatic rings. The summed E-state index contributed by atoms with van der Waals surface area (Å²) < 4.78 is 26.8. The van der Waals surface area contributed by atoms with Crippen molar-refractivity contribution in [1.82, 2.24) is 4.72 Å². The molecule has 6 heteroatoms. The Labute approximate surface area is 163 Å². The maximum atomic E-state index is 12.8. The predicted octanol–water partition coefficient (Wildman–Crippen LogP) is 3.62. The van der Waals surface area contributed by atoms with Crippen molar-refractivity contribution >= 4 is 21.6 Å². The van der Waals surface area contributed by atoms with E-state index < -0.39 is 15.3 Å². The summed E-state index contributed by atoms with van der Waals surface area (Å²) in [6, 6.07) is 2.06. The average molecular weight is 393 g/mol. The third-order valence-electron chi connectivity index (χ3n) is 6.22. The van der Waals surface area contributed by atoms with Gasteiger partial charge in [-0.1, -0.05) is 0 Å². The molecule has 1 saturated carbocycles. The lowest BCUT2D eigenvalue weighted by atomic mass is 9.85. The van der Waals surface area contributed by atoms with Crippen LogP contribution in [0.25, 0.3) is 0 Å². The first-order chi connectivity index (χ1) is 12.7. The van der Waals surface area contributed by atoms with Gasteiger partial charge >= 0.3 is 0 Å². The number of carbonyl (C=O) groups is 1. The second kappa shape index (κ2) is 7.92. The number of nitrogens with one attached hydrogen (secondary N) is 2. The lowest BCUT2D eigenvalue weighted by Gasteiger charge is -2.29. The smallest absolute Gasteiger partial charge is 0.227 e. The van der Waals surface area contributed by atoms with Gasteiger partial charge in [-0.2, -0.15) is 0 Å². The molecule has 0 aliphatic heterocycles. The summed E-state index contributed by atoms with van der Waals surface area (Å²) in [6.07, 6.45) is 6.32. The monoisotopic (exact) mass is 392 g/mol. The van der Waals surface area contributed by atoms with Crippen LogP contribution in [0, 0.1) is 19.8 Å². The summed E-state index contributed by atoms with van der Waals surface area (Å²) in [4.78, 5) is 12.8. The number of sulfonamides is 1. The van der Waals surface area contributed by atoms with E-state index in [2.05, 4.69) is 30.0 Å². The van der Waals surface area contributed by atoms with Gasteiger partial charge in [-0.3, -0.25) is 4.79 Å². The maximum absolute atomic E-state index is 12.8. The highest BCUT2D eigenvalue weighted by Crippen LogP contribution is 2.34. The Hall–Kier alpha value is -1.40. The predicted molar refractivity (Wildman–Crippen MR) is 110 cm³/mol. The first-order valence-electron chi connectivity index (χ1n) is 10.1. The van der Waals surface area contributed by atoms with Crippen LogP contribution in [0.2, 0.25) is 0 Å². The van der Waals surface area contributed by atoms with Gasteiger partial charge in [0.15, 0.2) is 0 Å². The van der Waals surface area contributed by atoms with Crippen LogP contribution in [0.15, 0.2) is 6.07 Å². The molecule has 2 aliphatic rings. The molecule has 27 heavy (non-hydrogen) atoms. The number of amides is 1. The minimum Gasteiger partial charge on any atom is -0.326 e. The van der Waals surface area contributed by atoms with Gasteiger partial charge in [0, 0.05) is 17.6 Å². The summed E-state index contributed by atoms with van der Waals surface area (Å²) in [5, 5.41) is 2.73. The molecule has 0 unspecified atom stereocenters. The maximum Gasteiger partial charge on any atom is 0.227 e. The van der Waals surface area contributed by atoms with Crippen molar-refractivity contribution in [2.24, 2.45) is 5.92 Å². The molecule has 1 amide bonds. The Morgan fingerprint density at radius 3 is 2.33 bits per heavy atom. The normalized spacial score (nSPS) is 22.7. The van der Waals surface area contributed by atoms with Crippen molar-refractivity contribution in [2.75, 3.05) is 5.32 Å². The highest BCUT2D eigenvalue weighted by Gasteiger charge is 2.30. The molecule has 0 saturated heterocycles. The minimum absolute atomic E-state index is 0.0437. The summed E-state index contributed by atoms with van der Waals surface area (Å²) in [5.74, 6) is 0.0263. The highest BCUT2D eigenvalue weighted by molar-refractivity contribution is 7.90.